The molecule has 2 atom stereocenters. The molecule has 0 spiro atoms. The number of para-hydroxylation sites is 2. The van der Waals surface area contributed by atoms with E-state index in [2.05, 4.69) is 36.4 Å². The monoisotopic (exact) mass is 684 g/mol. The minimum atomic E-state index is -2.65. The van der Waals surface area contributed by atoms with Crippen molar-refractivity contribution in [3.05, 3.63) is 58.5 Å². The van der Waals surface area contributed by atoms with Gasteiger partial charge in [-0.3, -0.25) is 0 Å². The molecule has 2 unspecified atom stereocenters. The highest BCUT2D eigenvalue weighted by atomic mass is 33.1. The van der Waals surface area contributed by atoms with Crippen molar-refractivity contribution >= 4 is 82.3 Å². The lowest BCUT2D eigenvalue weighted by Crippen LogP contribution is -2.42. The summed E-state index contributed by atoms with van der Waals surface area (Å²) >= 11 is 3.55. The van der Waals surface area contributed by atoms with Crippen molar-refractivity contribution in [3.63, 3.8) is 0 Å². The largest absolute Gasteiger partial charge is 0.500 e. The normalized spacial score (nSPS) is 14.1. The molecule has 2 aromatic carbocycles. The summed E-state index contributed by atoms with van der Waals surface area (Å²) in [5.74, 6) is 0. The summed E-state index contributed by atoms with van der Waals surface area (Å²) in [6, 6.07) is 18.2. The van der Waals surface area contributed by atoms with Gasteiger partial charge in [0.05, 0.1) is 30.9 Å². The molecule has 0 radical (unpaired) electrons. The fourth-order valence-corrected chi connectivity index (χ4v) is 14.1. The van der Waals surface area contributed by atoms with Crippen LogP contribution in [0.25, 0.3) is 20.4 Å². The molecule has 8 nitrogen and oxygen atoms in total. The summed E-state index contributed by atoms with van der Waals surface area (Å²) in [4.78, 5) is 10.1. The fraction of sp³-hybridized carbons (Fsp3) is 0.500. The van der Waals surface area contributed by atoms with Gasteiger partial charge in [-0.15, -0.1) is 22.7 Å². The van der Waals surface area contributed by atoms with E-state index in [0.29, 0.717) is 0 Å². The number of rotatable bonds is 19. The predicted octanol–water partition coefficient (Wildman–Crippen LogP) is 8.39. The van der Waals surface area contributed by atoms with Crippen LogP contribution in [0.15, 0.2) is 48.5 Å². The van der Waals surface area contributed by atoms with Gasteiger partial charge in [-0.05, 0) is 49.9 Å². The van der Waals surface area contributed by atoms with Gasteiger partial charge in [0.1, 0.15) is 10.0 Å². The lowest BCUT2D eigenvalue weighted by atomic mass is 10.2. The number of hydrogen-bond donors (Lipinski definition) is 0. The molecule has 0 bridgehead atoms. The van der Waals surface area contributed by atoms with Crippen molar-refractivity contribution in [2.24, 2.45) is 0 Å². The average molecular weight is 685 g/mol. The second kappa shape index (κ2) is 16.4. The van der Waals surface area contributed by atoms with Gasteiger partial charge in [0.2, 0.25) is 0 Å². The first-order valence-corrected chi connectivity index (χ1v) is 21.6. The number of nitrogens with zero attached hydrogens (tertiary/aromatic N) is 2. The van der Waals surface area contributed by atoms with Crippen LogP contribution < -0.4 is 0 Å². The zero-order chi connectivity index (χ0) is 30.0. The number of aromatic nitrogens is 2. The third-order valence-electron chi connectivity index (χ3n) is 7.22. The Morgan fingerprint density at radius 2 is 0.952 bits per heavy atom. The molecule has 4 rings (SSSR count). The minimum Gasteiger partial charge on any atom is -0.377 e. The second-order valence-electron chi connectivity index (χ2n) is 9.58. The Morgan fingerprint density at radius 1 is 0.595 bits per heavy atom. The number of thiazole rings is 2. The maximum atomic E-state index is 5.69. The third kappa shape index (κ3) is 8.43. The van der Waals surface area contributed by atoms with Crippen LogP contribution in [0.5, 0.6) is 0 Å². The topological polar surface area (TPSA) is 81.2 Å². The number of benzene rings is 2. The van der Waals surface area contributed by atoms with Crippen molar-refractivity contribution in [1.82, 2.24) is 9.97 Å². The molecule has 0 N–H and O–H groups in total. The third-order valence-corrected chi connectivity index (χ3v) is 18.7. The number of hydrogen-bond acceptors (Lipinski definition) is 12. The van der Waals surface area contributed by atoms with Crippen molar-refractivity contribution in [2.45, 2.75) is 48.3 Å². The minimum absolute atomic E-state index is 0.201. The smallest absolute Gasteiger partial charge is 0.377 e. The van der Waals surface area contributed by atoms with E-state index in [-0.39, 0.29) is 10.5 Å². The predicted molar refractivity (Wildman–Crippen MR) is 182 cm³/mol. The maximum Gasteiger partial charge on any atom is 0.500 e. The van der Waals surface area contributed by atoms with Crippen molar-refractivity contribution in [3.8, 4) is 0 Å². The standard InChI is InChI=1S/C28H40N2O6S4Si2/c1-31-41(32-2,33-3)19-11-17-25(27-29-21-13-7-9-15-23(21)37-27)39-40-26(18-12-20-42(34-4,35-5)36-6)28-30-22-14-8-10-16-24(22)38-28/h7-10,13-16,25-26H,11-12,17-20H2,1-6H3. The molecule has 14 heteroatoms. The number of fused-ring (bicyclic) bond motifs is 2. The zero-order valence-corrected chi connectivity index (χ0v) is 30.3. The van der Waals surface area contributed by atoms with Gasteiger partial charge in [-0.25, -0.2) is 9.97 Å². The van der Waals surface area contributed by atoms with Crippen molar-refractivity contribution in [2.75, 3.05) is 42.7 Å². The highest BCUT2D eigenvalue weighted by Gasteiger charge is 2.38. The van der Waals surface area contributed by atoms with Gasteiger partial charge >= 0.3 is 17.6 Å². The first-order valence-electron chi connectivity index (χ1n) is 13.8. The Bertz CT molecular complexity index is 1200. The van der Waals surface area contributed by atoms with Gasteiger partial charge in [0, 0.05) is 54.7 Å². The van der Waals surface area contributed by atoms with Crippen LogP contribution in [0.1, 0.15) is 46.2 Å². The quantitative estimate of drug-likeness (QED) is 0.0710. The Hall–Kier alpha value is -0.886. The molecular weight excluding hydrogens is 645 g/mol. The van der Waals surface area contributed by atoms with Gasteiger partial charge in [-0.2, -0.15) is 0 Å². The van der Waals surface area contributed by atoms with E-state index in [1.54, 1.807) is 65.3 Å². The van der Waals surface area contributed by atoms with Crippen LogP contribution in [0, 0.1) is 0 Å². The van der Waals surface area contributed by atoms with Crippen LogP contribution >= 0.6 is 44.3 Å². The first kappa shape index (κ1) is 34.0. The summed E-state index contributed by atoms with van der Waals surface area (Å²) in [6.07, 6.45) is 3.68. The lowest BCUT2D eigenvalue weighted by Gasteiger charge is -2.25. The summed E-state index contributed by atoms with van der Waals surface area (Å²) < 4.78 is 36.6. The van der Waals surface area contributed by atoms with E-state index < -0.39 is 17.6 Å². The van der Waals surface area contributed by atoms with Gasteiger partial charge in [0.15, 0.2) is 0 Å². The fourth-order valence-electron chi connectivity index (χ4n) is 4.74. The Balaban J connectivity index is 1.55. The van der Waals surface area contributed by atoms with E-state index in [1.807, 2.05) is 33.7 Å². The molecule has 4 aromatic rings. The zero-order valence-electron chi connectivity index (χ0n) is 25.0. The molecular formula is C28H40N2O6S4Si2. The second-order valence-corrected chi connectivity index (χ2v) is 20.6. The van der Waals surface area contributed by atoms with Gasteiger partial charge in [-0.1, -0.05) is 45.9 Å². The molecule has 0 fully saturated rings. The molecule has 42 heavy (non-hydrogen) atoms. The highest BCUT2D eigenvalue weighted by molar-refractivity contribution is 8.76. The van der Waals surface area contributed by atoms with E-state index in [4.69, 9.17) is 36.5 Å². The van der Waals surface area contributed by atoms with Crippen molar-refractivity contribution < 1.29 is 26.6 Å². The van der Waals surface area contributed by atoms with Crippen molar-refractivity contribution in [1.29, 1.82) is 0 Å². The summed E-state index contributed by atoms with van der Waals surface area (Å²) in [6.45, 7) is 0. The molecule has 0 aliphatic carbocycles. The Morgan fingerprint density at radius 3 is 1.29 bits per heavy atom. The first-order chi connectivity index (χ1) is 20.4. The van der Waals surface area contributed by atoms with Gasteiger partial charge in [0.25, 0.3) is 0 Å². The molecule has 0 aliphatic heterocycles. The van der Waals surface area contributed by atoms with Crippen LogP contribution in [0.4, 0.5) is 0 Å². The van der Waals surface area contributed by atoms with E-state index >= 15 is 0 Å². The van der Waals surface area contributed by atoms with E-state index in [9.17, 15) is 0 Å². The molecule has 0 amide bonds. The molecule has 0 saturated heterocycles. The van der Waals surface area contributed by atoms with E-state index in [0.717, 1.165) is 58.8 Å². The van der Waals surface area contributed by atoms with E-state index in [1.165, 1.54) is 9.40 Å². The molecule has 0 aliphatic rings. The summed E-state index contributed by atoms with van der Waals surface area (Å²) in [7, 11) is 8.51. The Labute approximate surface area is 267 Å². The van der Waals surface area contributed by atoms with Crippen LogP contribution in [-0.2, 0) is 26.6 Å². The lowest BCUT2D eigenvalue weighted by molar-refractivity contribution is 0.122. The highest BCUT2D eigenvalue weighted by Crippen LogP contribution is 2.52. The summed E-state index contributed by atoms with van der Waals surface area (Å²) in [5, 5.41) is 2.68. The van der Waals surface area contributed by atoms with Gasteiger partial charge < -0.3 is 26.6 Å². The molecule has 2 heterocycles. The average Bonchev–Trinajstić information content (AvgIpc) is 3.67. The van der Waals surface area contributed by atoms with Crippen LogP contribution in [0.3, 0.4) is 0 Å². The SMILES string of the molecule is CO[Si](CCCC(SSC(CCC[Si](OC)(OC)OC)c1nc2ccccc2s1)c1nc2ccccc2s1)(OC)OC. The van der Waals surface area contributed by atoms with Crippen LogP contribution in [-0.4, -0.2) is 70.2 Å². The summed E-state index contributed by atoms with van der Waals surface area (Å²) in [5.41, 5.74) is 2.09. The molecule has 0 saturated carbocycles. The molecule has 2 aromatic heterocycles. The maximum absolute atomic E-state index is 5.69. The Kier molecular flexibility index (Phi) is 13.3. The van der Waals surface area contributed by atoms with Crippen LogP contribution in [0.2, 0.25) is 12.1 Å². The molecule has 230 valence electrons.